The fourth-order valence-electron chi connectivity index (χ4n) is 4.80. The molecule has 0 spiro atoms. The third kappa shape index (κ3) is 8.60. The Labute approximate surface area is 238 Å². The molecule has 0 radical (unpaired) electrons. The van der Waals surface area contributed by atoms with Gasteiger partial charge in [0.2, 0.25) is 11.8 Å². The van der Waals surface area contributed by atoms with Gasteiger partial charge in [-0.1, -0.05) is 82.8 Å². The summed E-state index contributed by atoms with van der Waals surface area (Å²) in [6, 6.07) is 24.6. The van der Waals surface area contributed by atoms with E-state index in [9.17, 15) is 9.59 Å². The Bertz CT molecular complexity index is 1170. The van der Waals surface area contributed by atoms with E-state index >= 15 is 0 Å². The van der Waals surface area contributed by atoms with Gasteiger partial charge in [0.15, 0.2) is 0 Å². The first-order valence-corrected chi connectivity index (χ1v) is 14.4. The van der Waals surface area contributed by atoms with Crippen LogP contribution in [0.25, 0.3) is 0 Å². The van der Waals surface area contributed by atoms with Crippen molar-refractivity contribution < 1.29 is 14.3 Å². The first-order valence-electron chi connectivity index (χ1n) is 13.2. The van der Waals surface area contributed by atoms with Crippen molar-refractivity contribution in [3.05, 3.63) is 99.5 Å². The number of hydrogen-bond donors (Lipinski definition) is 1. The van der Waals surface area contributed by atoms with Gasteiger partial charge in [-0.05, 0) is 66.8 Å². The molecule has 1 fully saturated rings. The van der Waals surface area contributed by atoms with Gasteiger partial charge in [0, 0.05) is 34.9 Å². The molecule has 38 heavy (non-hydrogen) atoms. The Morgan fingerprint density at radius 3 is 2.32 bits per heavy atom. The van der Waals surface area contributed by atoms with E-state index < -0.39 is 6.04 Å². The van der Waals surface area contributed by atoms with Gasteiger partial charge in [-0.15, -0.1) is 0 Å². The van der Waals surface area contributed by atoms with Crippen LogP contribution in [-0.2, 0) is 22.6 Å². The van der Waals surface area contributed by atoms with Crippen molar-refractivity contribution in [2.24, 2.45) is 0 Å². The second-order valence-corrected chi connectivity index (χ2v) is 11.1. The summed E-state index contributed by atoms with van der Waals surface area (Å²) >= 11 is 9.44. The molecule has 1 N–H and O–H groups in total. The van der Waals surface area contributed by atoms with Gasteiger partial charge in [-0.25, -0.2) is 0 Å². The third-order valence-corrected chi connectivity index (χ3v) is 7.64. The van der Waals surface area contributed by atoms with Crippen molar-refractivity contribution in [1.82, 2.24) is 10.2 Å². The summed E-state index contributed by atoms with van der Waals surface area (Å²) in [7, 11) is 0. The molecule has 1 atom stereocenters. The second-order valence-electron chi connectivity index (χ2n) is 9.75. The lowest BCUT2D eigenvalue weighted by molar-refractivity contribution is -0.141. The van der Waals surface area contributed by atoms with Gasteiger partial charge in [-0.3, -0.25) is 9.59 Å². The van der Waals surface area contributed by atoms with Gasteiger partial charge in [0.05, 0.1) is 6.61 Å². The largest absolute Gasteiger partial charge is 0.494 e. The van der Waals surface area contributed by atoms with Gasteiger partial charge in [0.1, 0.15) is 11.8 Å². The van der Waals surface area contributed by atoms with Crippen LogP contribution >= 0.6 is 27.5 Å². The molecule has 2 amide bonds. The molecule has 0 saturated heterocycles. The predicted octanol–water partition coefficient (Wildman–Crippen LogP) is 6.96. The molecule has 0 aromatic heterocycles. The van der Waals surface area contributed by atoms with Crippen LogP contribution in [0.15, 0.2) is 83.3 Å². The van der Waals surface area contributed by atoms with Crippen LogP contribution in [0.3, 0.4) is 0 Å². The molecule has 7 heteroatoms. The monoisotopic (exact) mass is 596 g/mol. The normalized spacial score (nSPS) is 14.2. The minimum atomic E-state index is -0.605. The average Bonchev–Trinajstić information content (AvgIpc) is 3.44. The molecule has 1 aliphatic rings. The van der Waals surface area contributed by atoms with Crippen LogP contribution in [0.1, 0.15) is 49.7 Å². The summed E-state index contributed by atoms with van der Waals surface area (Å²) in [5.74, 6) is 0.574. The lowest BCUT2D eigenvalue weighted by Gasteiger charge is -2.32. The highest BCUT2D eigenvalue weighted by Crippen LogP contribution is 2.22. The minimum absolute atomic E-state index is 0.0601. The van der Waals surface area contributed by atoms with Crippen LogP contribution in [0.2, 0.25) is 5.02 Å². The Morgan fingerprint density at radius 1 is 0.947 bits per heavy atom. The number of nitrogens with one attached hydrogen (secondary N) is 1. The zero-order valence-corrected chi connectivity index (χ0v) is 23.8. The minimum Gasteiger partial charge on any atom is -0.494 e. The zero-order valence-electron chi connectivity index (χ0n) is 21.5. The molecule has 1 aliphatic carbocycles. The molecular formula is C31H34BrClN2O3. The number of rotatable bonds is 12. The molecule has 200 valence electrons. The molecule has 5 nitrogen and oxygen atoms in total. The summed E-state index contributed by atoms with van der Waals surface area (Å²) in [5.41, 5.74) is 2.00. The number of nitrogens with zero attached hydrogens (tertiary/aromatic N) is 1. The number of hydrogen-bond acceptors (Lipinski definition) is 3. The van der Waals surface area contributed by atoms with Crippen molar-refractivity contribution in [2.45, 2.75) is 63.6 Å². The lowest BCUT2D eigenvalue weighted by atomic mass is 10.0. The maximum atomic E-state index is 13.7. The molecule has 1 saturated carbocycles. The van der Waals surface area contributed by atoms with E-state index in [0.717, 1.165) is 41.3 Å². The summed E-state index contributed by atoms with van der Waals surface area (Å²) in [4.78, 5) is 29.1. The van der Waals surface area contributed by atoms with Crippen LogP contribution in [-0.4, -0.2) is 35.4 Å². The fraction of sp³-hybridized carbons (Fsp3) is 0.355. The van der Waals surface area contributed by atoms with Gasteiger partial charge in [-0.2, -0.15) is 0 Å². The quantitative estimate of drug-likeness (QED) is 0.230. The van der Waals surface area contributed by atoms with Crippen molar-refractivity contribution in [3.8, 4) is 5.75 Å². The smallest absolute Gasteiger partial charge is 0.243 e. The number of carbonyl (C=O) groups excluding carboxylic acids is 2. The SMILES string of the molecule is O=C(NC1CCCC1)C(Cc1ccccc1)N(Cc1ccc(Br)cc1)C(=O)CCCOc1ccc(Cl)cc1. The van der Waals surface area contributed by atoms with Crippen molar-refractivity contribution in [2.75, 3.05) is 6.61 Å². The van der Waals surface area contributed by atoms with Gasteiger partial charge in [0.25, 0.3) is 0 Å². The number of halogens is 2. The van der Waals surface area contributed by atoms with E-state index in [2.05, 4.69) is 21.2 Å². The average molecular weight is 598 g/mol. The molecule has 1 unspecified atom stereocenters. The Morgan fingerprint density at radius 2 is 1.63 bits per heavy atom. The highest BCUT2D eigenvalue weighted by atomic mass is 79.9. The summed E-state index contributed by atoms with van der Waals surface area (Å²) in [5, 5.41) is 3.90. The van der Waals surface area contributed by atoms with E-state index in [1.165, 1.54) is 0 Å². The Hall–Kier alpha value is -2.83. The zero-order chi connectivity index (χ0) is 26.7. The van der Waals surface area contributed by atoms with E-state index in [1.54, 1.807) is 17.0 Å². The number of carbonyl (C=O) groups is 2. The summed E-state index contributed by atoms with van der Waals surface area (Å²) in [6.45, 7) is 0.761. The maximum absolute atomic E-state index is 13.7. The second kappa shape index (κ2) is 14.4. The highest BCUT2D eigenvalue weighted by molar-refractivity contribution is 9.10. The molecule has 4 rings (SSSR count). The summed E-state index contributed by atoms with van der Waals surface area (Å²) < 4.78 is 6.77. The third-order valence-electron chi connectivity index (χ3n) is 6.86. The molecule has 0 aliphatic heterocycles. The van der Waals surface area contributed by atoms with E-state index in [1.807, 2.05) is 66.7 Å². The van der Waals surface area contributed by atoms with Crippen LogP contribution < -0.4 is 10.1 Å². The molecule has 3 aromatic rings. The maximum Gasteiger partial charge on any atom is 0.243 e. The number of benzene rings is 3. The molecule has 0 bridgehead atoms. The van der Waals surface area contributed by atoms with Crippen LogP contribution in [0, 0.1) is 0 Å². The van der Waals surface area contributed by atoms with Crippen molar-refractivity contribution in [1.29, 1.82) is 0 Å². The first-order chi connectivity index (χ1) is 18.5. The van der Waals surface area contributed by atoms with Crippen LogP contribution in [0.5, 0.6) is 5.75 Å². The standard InChI is InChI=1S/C31H34BrClN2O3/c32-25-14-12-24(13-15-25)22-35(30(36)11-6-20-38-28-18-16-26(33)17-19-28)29(21-23-7-2-1-3-8-23)31(37)34-27-9-4-5-10-27/h1-3,7-8,12-19,27,29H,4-6,9-11,20-22H2,(H,34,37). The van der Waals surface area contributed by atoms with E-state index in [4.69, 9.17) is 16.3 Å². The first kappa shape index (κ1) is 28.2. The molecule has 0 heterocycles. The summed E-state index contributed by atoms with van der Waals surface area (Å²) in [6.07, 6.45) is 5.53. The van der Waals surface area contributed by atoms with Crippen molar-refractivity contribution >= 4 is 39.3 Å². The topological polar surface area (TPSA) is 58.6 Å². The van der Waals surface area contributed by atoms with E-state index in [0.29, 0.717) is 36.8 Å². The van der Waals surface area contributed by atoms with E-state index in [-0.39, 0.29) is 24.3 Å². The lowest BCUT2D eigenvalue weighted by Crippen LogP contribution is -2.52. The molecule has 3 aromatic carbocycles. The fourth-order valence-corrected chi connectivity index (χ4v) is 5.19. The predicted molar refractivity (Wildman–Crippen MR) is 155 cm³/mol. The Balaban J connectivity index is 1.50. The molecular weight excluding hydrogens is 564 g/mol. The number of amides is 2. The van der Waals surface area contributed by atoms with Crippen LogP contribution in [0.4, 0.5) is 0 Å². The van der Waals surface area contributed by atoms with Crippen molar-refractivity contribution in [3.63, 3.8) is 0 Å². The van der Waals surface area contributed by atoms with Gasteiger partial charge < -0.3 is 15.0 Å². The van der Waals surface area contributed by atoms with Gasteiger partial charge >= 0.3 is 0 Å². The Kier molecular flexibility index (Phi) is 10.6. The number of ether oxygens (including phenoxy) is 1. The highest BCUT2D eigenvalue weighted by Gasteiger charge is 2.32.